The Balaban J connectivity index is 1.59. The number of ether oxygens (including phenoxy) is 2. The van der Waals surface area contributed by atoms with Crippen LogP contribution in [0, 0.1) is 6.92 Å². The van der Waals surface area contributed by atoms with Crippen molar-refractivity contribution in [3.8, 4) is 0 Å². The summed E-state index contributed by atoms with van der Waals surface area (Å²) in [6.45, 7) is 3.14. The van der Waals surface area contributed by atoms with Crippen molar-refractivity contribution < 1.29 is 27.5 Å². The smallest absolute Gasteiger partial charge is 0.338 e. The van der Waals surface area contributed by atoms with Gasteiger partial charge in [0.1, 0.15) is 0 Å². The molecule has 0 spiro atoms. The Labute approximate surface area is 182 Å². The summed E-state index contributed by atoms with van der Waals surface area (Å²) in [5.74, 6) is -1.11. The predicted molar refractivity (Wildman–Crippen MR) is 114 cm³/mol. The van der Waals surface area contributed by atoms with Crippen molar-refractivity contribution in [2.45, 2.75) is 18.4 Å². The summed E-state index contributed by atoms with van der Waals surface area (Å²) < 4.78 is 37.2. The highest BCUT2D eigenvalue weighted by atomic mass is 32.2. The van der Waals surface area contributed by atoms with Crippen LogP contribution in [0.4, 0.5) is 0 Å². The minimum Gasteiger partial charge on any atom is -0.452 e. The van der Waals surface area contributed by atoms with E-state index >= 15 is 0 Å². The number of likely N-dealkylation sites (N-methyl/N-ethyl adjacent to an activating group) is 1. The fraction of sp³-hybridized carbons (Fsp3) is 0.364. The Kier molecular flexibility index (Phi) is 7.42. The van der Waals surface area contributed by atoms with E-state index in [1.54, 1.807) is 7.05 Å². The number of hydrogen-bond acceptors (Lipinski definition) is 6. The second kappa shape index (κ2) is 10.0. The van der Waals surface area contributed by atoms with Crippen molar-refractivity contribution in [2.24, 2.45) is 0 Å². The lowest BCUT2D eigenvalue weighted by molar-refractivity contribution is -0.133. The van der Waals surface area contributed by atoms with E-state index in [1.807, 2.05) is 31.2 Å². The number of carbonyl (C=O) groups is 2. The van der Waals surface area contributed by atoms with Crippen LogP contribution in [-0.2, 0) is 30.8 Å². The molecule has 0 bridgehead atoms. The first-order valence-electron chi connectivity index (χ1n) is 9.92. The molecule has 0 aliphatic carbocycles. The van der Waals surface area contributed by atoms with Crippen LogP contribution in [0.5, 0.6) is 0 Å². The number of sulfonamides is 1. The molecule has 166 valence electrons. The van der Waals surface area contributed by atoms with Crippen LogP contribution in [0.3, 0.4) is 0 Å². The maximum atomic E-state index is 12.8. The molecule has 0 unspecified atom stereocenters. The molecular formula is C22H26N2O6S. The number of esters is 1. The zero-order valence-electron chi connectivity index (χ0n) is 17.6. The molecule has 1 saturated heterocycles. The number of amides is 1. The van der Waals surface area contributed by atoms with Crippen LogP contribution in [0.25, 0.3) is 0 Å². The van der Waals surface area contributed by atoms with Gasteiger partial charge in [0, 0.05) is 26.7 Å². The highest BCUT2D eigenvalue weighted by Crippen LogP contribution is 2.19. The van der Waals surface area contributed by atoms with Gasteiger partial charge >= 0.3 is 5.97 Å². The second-order valence-electron chi connectivity index (χ2n) is 7.36. The SMILES string of the molecule is Cc1ccc(CN(C)C(=O)COC(=O)c2cccc(S(=O)(=O)N3CCOCC3)c2)cc1. The van der Waals surface area contributed by atoms with E-state index in [0.29, 0.717) is 19.8 Å². The first-order chi connectivity index (χ1) is 14.8. The van der Waals surface area contributed by atoms with Crippen molar-refractivity contribution in [1.29, 1.82) is 0 Å². The molecule has 2 aromatic rings. The van der Waals surface area contributed by atoms with Crippen LogP contribution in [0.1, 0.15) is 21.5 Å². The average molecular weight is 447 g/mol. The Morgan fingerprint density at radius 2 is 1.77 bits per heavy atom. The summed E-state index contributed by atoms with van der Waals surface area (Å²) in [5, 5.41) is 0. The molecule has 1 aliphatic heterocycles. The van der Waals surface area contributed by atoms with Crippen LogP contribution < -0.4 is 0 Å². The van der Waals surface area contributed by atoms with Gasteiger partial charge in [-0.25, -0.2) is 13.2 Å². The average Bonchev–Trinajstić information content (AvgIpc) is 2.79. The number of benzene rings is 2. The molecule has 8 nitrogen and oxygen atoms in total. The van der Waals surface area contributed by atoms with Gasteiger partial charge in [-0.1, -0.05) is 35.9 Å². The molecular weight excluding hydrogens is 420 g/mol. The monoisotopic (exact) mass is 446 g/mol. The first kappa shape index (κ1) is 22.9. The summed E-state index contributed by atoms with van der Waals surface area (Å²) in [5.41, 5.74) is 2.17. The molecule has 2 aromatic carbocycles. The van der Waals surface area contributed by atoms with Crippen molar-refractivity contribution in [1.82, 2.24) is 9.21 Å². The van der Waals surface area contributed by atoms with E-state index in [-0.39, 0.29) is 29.5 Å². The van der Waals surface area contributed by atoms with E-state index in [0.717, 1.165) is 11.1 Å². The van der Waals surface area contributed by atoms with Crippen molar-refractivity contribution >= 4 is 21.9 Å². The van der Waals surface area contributed by atoms with Gasteiger partial charge in [-0.05, 0) is 30.7 Å². The van der Waals surface area contributed by atoms with Crippen LogP contribution >= 0.6 is 0 Å². The summed E-state index contributed by atoms with van der Waals surface area (Å²) in [6, 6.07) is 13.4. The van der Waals surface area contributed by atoms with Crippen molar-refractivity contribution in [3.05, 3.63) is 65.2 Å². The predicted octanol–water partition coefficient (Wildman–Crippen LogP) is 1.83. The maximum absolute atomic E-state index is 12.8. The molecule has 1 heterocycles. The Morgan fingerprint density at radius 3 is 2.45 bits per heavy atom. The van der Waals surface area contributed by atoms with Crippen LogP contribution in [0.15, 0.2) is 53.4 Å². The largest absolute Gasteiger partial charge is 0.452 e. The topological polar surface area (TPSA) is 93.2 Å². The van der Waals surface area contributed by atoms with Gasteiger partial charge in [-0.15, -0.1) is 0 Å². The van der Waals surface area contributed by atoms with Crippen LogP contribution in [0.2, 0.25) is 0 Å². The second-order valence-corrected chi connectivity index (χ2v) is 9.29. The van der Waals surface area contributed by atoms with Crippen LogP contribution in [-0.4, -0.2) is 69.5 Å². The van der Waals surface area contributed by atoms with E-state index in [1.165, 1.54) is 33.5 Å². The van der Waals surface area contributed by atoms with Gasteiger partial charge in [0.2, 0.25) is 10.0 Å². The lowest BCUT2D eigenvalue weighted by Gasteiger charge is -2.26. The standard InChI is InChI=1S/C22H26N2O6S/c1-17-6-8-18(9-7-17)15-23(2)21(25)16-30-22(26)19-4-3-5-20(14-19)31(27,28)24-10-12-29-13-11-24/h3-9,14H,10-13,15-16H2,1-2H3. The van der Waals surface area contributed by atoms with Gasteiger partial charge < -0.3 is 14.4 Å². The van der Waals surface area contributed by atoms with E-state index in [9.17, 15) is 18.0 Å². The third-order valence-corrected chi connectivity index (χ3v) is 6.87. The molecule has 3 rings (SSSR count). The minimum absolute atomic E-state index is 0.00617. The Hall–Kier alpha value is -2.75. The molecule has 0 radical (unpaired) electrons. The summed E-state index contributed by atoms with van der Waals surface area (Å²) >= 11 is 0. The zero-order valence-corrected chi connectivity index (χ0v) is 18.4. The van der Waals surface area contributed by atoms with E-state index in [4.69, 9.17) is 9.47 Å². The highest BCUT2D eigenvalue weighted by Gasteiger charge is 2.27. The normalized spacial score (nSPS) is 14.8. The third kappa shape index (κ3) is 5.90. The molecule has 0 saturated carbocycles. The Bertz CT molecular complexity index is 1030. The first-order valence-corrected chi connectivity index (χ1v) is 11.4. The molecule has 1 amide bonds. The number of rotatable bonds is 7. The third-order valence-electron chi connectivity index (χ3n) is 4.97. The van der Waals surface area contributed by atoms with E-state index < -0.39 is 22.6 Å². The van der Waals surface area contributed by atoms with Gasteiger partial charge in [0.05, 0.1) is 23.7 Å². The Morgan fingerprint density at radius 1 is 1.10 bits per heavy atom. The number of carbonyl (C=O) groups excluding carboxylic acids is 2. The van der Waals surface area contributed by atoms with Crippen molar-refractivity contribution in [3.63, 3.8) is 0 Å². The molecule has 1 fully saturated rings. The summed E-state index contributed by atoms with van der Waals surface area (Å²) in [6.07, 6.45) is 0. The number of hydrogen-bond donors (Lipinski definition) is 0. The number of nitrogens with zero attached hydrogens (tertiary/aromatic N) is 2. The van der Waals surface area contributed by atoms with Gasteiger partial charge in [0.15, 0.2) is 6.61 Å². The summed E-state index contributed by atoms with van der Waals surface area (Å²) in [7, 11) is -2.10. The quantitative estimate of drug-likeness (QED) is 0.603. The maximum Gasteiger partial charge on any atom is 0.338 e. The molecule has 0 aromatic heterocycles. The van der Waals surface area contributed by atoms with Gasteiger partial charge in [0.25, 0.3) is 5.91 Å². The fourth-order valence-electron chi connectivity index (χ4n) is 3.10. The lowest BCUT2D eigenvalue weighted by atomic mass is 10.1. The molecule has 31 heavy (non-hydrogen) atoms. The highest BCUT2D eigenvalue weighted by molar-refractivity contribution is 7.89. The summed E-state index contributed by atoms with van der Waals surface area (Å²) in [4.78, 5) is 26.2. The van der Waals surface area contributed by atoms with Crippen molar-refractivity contribution in [2.75, 3.05) is 40.0 Å². The van der Waals surface area contributed by atoms with Gasteiger partial charge in [-0.3, -0.25) is 4.79 Å². The number of aryl methyl sites for hydroxylation is 1. The van der Waals surface area contributed by atoms with E-state index in [2.05, 4.69) is 0 Å². The minimum atomic E-state index is -3.73. The van der Waals surface area contributed by atoms with Gasteiger partial charge in [-0.2, -0.15) is 4.31 Å². The fourth-order valence-corrected chi connectivity index (χ4v) is 4.55. The number of morpholine rings is 1. The lowest BCUT2D eigenvalue weighted by Crippen LogP contribution is -2.40. The molecule has 0 N–H and O–H groups in total. The molecule has 0 atom stereocenters. The zero-order chi connectivity index (χ0) is 22.4. The molecule has 9 heteroatoms. The molecule has 1 aliphatic rings.